The summed E-state index contributed by atoms with van der Waals surface area (Å²) in [6.07, 6.45) is 0.223. The number of hydrogen-bond acceptors (Lipinski definition) is 6. The van der Waals surface area contributed by atoms with Crippen molar-refractivity contribution in [1.82, 2.24) is 5.10 Å². The molecule has 0 saturated heterocycles. The van der Waals surface area contributed by atoms with Gasteiger partial charge in [0, 0.05) is 21.8 Å². The molecule has 0 aliphatic carbocycles. The molecule has 0 bridgehead atoms. The van der Waals surface area contributed by atoms with Crippen LogP contribution in [0, 0.1) is 16.2 Å². The number of halogens is 2. The van der Waals surface area contributed by atoms with Gasteiger partial charge in [-0.2, -0.15) is 0 Å². The Bertz CT molecular complexity index is 1020. The van der Waals surface area contributed by atoms with Crippen LogP contribution in [-0.4, -0.2) is 24.2 Å². The minimum absolute atomic E-state index is 0.0455. The second-order valence-corrected chi connectivity index (χ2v) is 6.78. The number of nitrogens with one attached hydrogen (secondary N) is 1. The molecule has 0 aliphatic rings. The van der Waals surface area contributed by atoms with E-state index in [0.717, 1.165) is 0 Å². The molecule has 3 rings (SSSR count). The number of fused-ring (bicyclic) bond motifs is 1. The first-order valence-electron chi connectivity index (χ1n) is 8.41. The summed E-state index contributed by atoms with van der Waals surface area (Å²) in [7, 11) is 0. The molecular weight excluding hydrogens is 435 g/mol. The Morgan fingerprint density at radius 2 is 2.00 bits per heavy atom. The number of ether oxygens (including phenoxy) is 1. The predicted molar refractivity (Wildman–Crippen MR) is 102 cm³/mol. The van der Waals surface area contributed by atoms with E-state index in [1.54, 1.807) is 24.3 Å². The van der Waals surface area contributed by atoms with Crippen molar-refractivity contribution in [3.05, 3.63) is 68.7 Å². The summed E-state index contributed by atoms with van der Waals surface area (Å²) in [4.78, 5) is 12.1. The lowest BCUT2D eigenvalue weighted by Crippen LogP contribution is -2.44. The van der Waals surface area contributed by atoms with Gasteiger partial charge in [-0.3, -0.25) is 10.1 Å². The van der Waals surface area contributed by atoms with E-state index in [-0.39, 0.29) is 48.8 Å². The molecular formula is C18H16BrFN4O4. The first-order valence-corrected chi connectivity index (χ1v) is 9.20. The molecule has 10 heteroatoms. The van der Waals surface area contributed by atoms with E-state index in [1.807, 2.05) is 0 Å². The van der Waals surface area contributed by atoms with E-state index in [4.69, 9.17) is 4.74 Å². The fourth-order valence-corrected chi connectivity index (χ4v) is 2.90. The molecule has 1 aromatic heterocycles. The molecule has 28 heavy (non-hydrogen) atoms. The van der Waals surface area contributed by atoms with Gasteiger partial charge in [0.2, 0.25) is 5.10 Å². The maximum absolute atomic E-state index is 13.5. The zero-order valence-corrected chi connectivity index (χ0v) is 16.2. The van der Waals surface area contributed by atoms with Gasteiger partial charge in [0.05, 0.1) is 19.6 Å². The fourth-order valence-electron chi connectivity index (χ4n) is 2.55. The van der Waals surface area contributed by atoms with Gasteiger partial charge in [-0.25, -0.2) is 9.12 Å². The van der Waals surface area contributed by atoms with E-state index in [0.29, 0.717) is 19.6 Å². The van der Waals surface area contributed by atoms with Crippen molar-refractivity contribution in [3.8, 4) is 0 Å². The van der Waals surface area contributed by atoms with Crippen LogP contribution >= 0.6 is 15.9 Å². The van der Waals surface area contributed by atoms with Crippen LogP contribution in [0.15, 0.2) is 46.9 Å². The number of carbonyl (C=O) groups is 1. The van der Waals surface area contributed by atoms with E-state index in [9.17, 15) is 19.6 Å². The quantitative estimate of drug-likeness (QED) is 0.335. The monoisotopic (exact) mass is 450 g/mol. The van der Waals surface area contributed by atoms with Crippen molar-refractivity contribution in [2.45, 2.75) is 12.8 Å². The topological polar surface area (TPSA) is 105 Å². The summed E-state index contributed by atoms with van der Waals surface area (Å²) >= 11 is 3.23. The highest BCUT2D eigenvalue weighted by Crippen LogP contribution is 2.14. The van der Waals surface area contributed by atoms with Crippen molar-refractivity contribution in [1.29, 1.82) is 0 Å². The van der Waals surface area contributed by atoms with Crippen LogP contribution in [0.25, 0.3) is 11.0 Å². The molecule has 8 nitrogen and oxygen atoms in total. The summed E-state index contributed by atoms with van der Waals surface area (Å²) in [5.41, 5.74) is 0.721. The van der Waals surface area contributed by atoms with Crippen LogP contribution in [0.4, 0.5) is 10.3 Å². The molecule has 3 aromatic rings. The lowest BCUT2D eigenvalue weighted by atomic mass is 10.1. The number of rotatable bonds is 7. The SMILES string of the molecule is O=C(CCNc1n[n+]([O-])c2cc(Br)ccc2[n+]1[O-])OCCc1ccccc1F. The summed E-state index contributed by atoms with van der Waals surface area (Å²) < 4.78 is 19.7. The summed E-state index contributed by atoms with van der Waals surface area (Å²) in [6, 6.07) is 10.9. The molecule has 0 atom stereocenters. The number of carbonyl (C=O) groups excluding carboxylic acids is 1. The number of hydrogen-bond donors (Lipinski definition) is 1. The van der Waals surface area contributed by atoms with Gasteiger partial charge in [-0.1, -0.05) is 34.1 Å². The van der Waals surface area contributed by atoms with E-state index < -0.39 is 5.97 Å². The molecule has 0 fully saturated rings. The molecule has 1 heterocycles. The largest absolute Gasteiger partial charge is 0.739 e. The fraction of sp³-hybridized carbons (Fsp3) is 0.222. The first kappa shape index (κ1) is 19.7. The van der Waals surface area contributed by atoms with E-state index in [1.165, 1.54) is 18.2 Å². The third kappa shape index (κ3) is 4.63. The third-order valence-electron chi connectivity index (χ3n) is 3.94. The second kappa shape index (κ2) is 8.79. The highest BCUT2D eigenvalue weighted by Gasteiger charge is 2.20. The number of aromatic nitrogens is 3. The maximum atomic E-state index is 13.5. The van der Waals surface area contributed by atoms with Crippen LogP contribution in [0.2, 0.25) is 0 Å². The van der Waals surface area contributed by atoms with Gasteiger partial charge in [0.1, 0.15) is 5.82 Å². The average molecular weight is 451 g/mol. The van der Waals surface area contributed by atoms with Crippen molar-refractivity contribution in [3.63, 3.8) is 0 Å². The molecule has 0 spiro atoms. The first-order chi connectivity index (χ1) is 13.5. The van der Waals surface area contributed by atoms with Crippen molar-refractivity contribution in [2.75, 3.05) is 18.5 Å². The molecule has 0 saturated carbocycles. The van der Waals surface area contributed by atoms with Crippen LogP contribution < -0.4 is 14.9 Å². The zero-order chi connectivity index (χ0) is 20.1. The highest BCUT2D eigenvalue weighted by atomic mass is 79.9. The number of anilines is 1. The van der Waals surface area contributed by atoms with Crippen LogP contribution in [0.3, 0.4) is 0 Å². The molecule has 0 unspecified atom stereocenters. The normalized spacial score (nSPS) is 10.8. The predicted octanol–water partition coefficient (Wildman–Crippen LogP) is 1.99. The van der Waals surface area contributed by atoms with Crippen molar-refractivity contribution in [2.24, 2.45) is 0 Å². The van der Waals surface area contributed by atoms with Gasteiger partial charge in [-0.15, -0.1) is 0 Å². The van der Waals surface area contributed by atoms with Crippen molar-refractivity contribution < 1.29 is 23.5 Å². The van der Waals surface area contributed by atoms with Crippen LogP contribution in [-0.2, 0) is 16.0 Å². The minimum Gasteiger partial charge on any atom is -0.739 e. The summed E-state index contributed by atoms with van der Waals surface area (Å²) in [5, 5.41) is 30.6. The lowest BCUT2D eigenvalue weighted by Gasteiger charge is -2.10. The molecule has 0 radical (unpaired) electrons. The standard InChI is InChI=1S/C18H16BrFN4O4/c19-13-5-6-15-16(11-13)24(27)22-18(23(15)26)21-9-7-17(25)28-10-8-12-3-1-2-4-14(12)20/h1-6,11H,7-10H2,(H,21,22). The Morgan fingerprint density at radius 1 is 1.21 bits per heavy atom. The maximum Gasteiger partial charge on any atom is 0.460 e. The zero-order valence-electron chi connectivity index (χ0n) is 14.6. The molecule has 2 aromatic carbocycles. The van der Waals surface area contributed by atoms with E-state index in [2.05, 4.69) is 26.3 Å². The Kier molecular flexibility index (Phi) is 6.19. The van der Waals surface area contributed by atoms with Gasteiger partial charge in [0.15, 0.2) is 5.52 Å². The summed E-state index contributed by atoms with van der Waals surface area (Å²) in [6.45, 7) is 0.0980. The van der Waals surface area contributed by atoms with Gasteiger partial charge >= 0.3 is 17.4 Å². The minimum atomic E-state index is -0.513. The molecule has 0 amide bonds. The highest BCUT2D eigenvalue weighted by molar-refractivity contribution is 9.10. The van der Waals surface area contributed by atoms with Gasteiger partial charge < -0.3 is 15.2 Å². The van der Waals surface area contributed by atoms with Crippen LogP contribution in [0.5, 0.6) is 0 Å². The Labute approximate surface area is 167 Å². The number of benzene rings is 2. The van der Waals surface area contributed by atoms with Crippen molar-refractivity contribution >= 4 is 38.9 Å². The lowest BCUT2D eigenvalue weighted by molar-refractivity contribution is -0.672. The van der Waals surface area contributed by atoms with E-state index >= 15 is 0 Å². The second-order valence-electron chi connectivity index (χ2n) is 5.86. The average Bonchev–Trinajstić information content (AvgIpc) is 2.67. The Morgan fingerprint density at radius 3 is 2.79 bits per heavy atom. The van der Waals surface area contributed by atoms with Gasteiger partial charge in [-0.05, 0) is 23.8 Å². The molecule has 146 valence electrons. The summed E-state index contributed by atoms with van der Waals surface area (Å²) in [5.74, 6) is -1.08. The molecule has 1 N–H and O–H groups in total. The number of nitrogens with zero attached hydrogens (tertiary/aromatic N) is 3. The Balaban J connectivity index is 1.52. The number of esters is 1. The Hall–Kier alpha value is -3.01. The third-order valence-corrected chi connectivity index (χ3v) is 4.44. The smallest absolute Gasteiger partial charge is 0.460 e. The molecule has 0 aliphatic heterocycles. The van der Waals surface area contributed by atoms with Crippen LogP contribution in [0.1, 0.15) is 12.0 Å². The van der Waals surface area contributed by atoms with Gasteiger partial charge in [0.25, 0.3) is 0 Å².